The summed E-state index contributed by atoms with van der Waals surface area (Å²) < 4.78 is 36.1. The van der Waals surface area contributed by atoms with Crippen LogP contribution in [-0.4, -0.2) is 18.6 Å². The van der Waals surface area contributed by atoms with E-state index in [0.29, 0.717) is 5.56 Å². The number of nitrogens with one attached hydrogen (secondary N) is 1. The molecule has 1 aromatic carbocycles. The van der Waals surface area contributed by atoms with E-state index in [4.69, 9.17) is 0 Å². The second kappa shape index (κ2) is 7.31. The lowest BCUT2D eigenvalue weighted by molar-refractivity contribution is -0.136. The van der Waals surface area contributed by atoms with Crippen LogP contribution in [0.5, 0.6) is 0 Å². The third-order valence-electron chi connectivity index (χ3n) is 2.98. The molecule has 20 heavy (non-hydrogen) atoms. The zero-order chi connectivity index (χ0) is 15.2. The van der Waals surface area contributed by atoms with Crippen molar-refractivity contribution in [1.29, 1.82) is 0 Å². The number of rotatable bonds is 6. The molecule has 1 radical (unpaired) electrons. The molecule has 0 aromatic heterocycles. The maximum Gasteiger partial charge on any atom is 0.389 e. The Balaban J connectivity index is 2.26. The Morgan fingerprint density at radius 3 is 2.45 bits per heavy atom. The fourth-order valence-corrected chi connectivity index (χ4v) is 1.67. The van der Waals surface area contributed by atoms with E-state index >= 15 is 0 Å². The molecule has 0 heterocycles. The van der Waals surface area contributed by atoms with Gasteiger partial charge in [0, 0.05) is 18.5 Å². The molecule has 0 aliphatic rings. The number of benzene rings is 1. The molecule has 1 rings (SSSR count). The molecule has 0 saturated carbocycles. The number of hydrogen-bond donors (Lipinski definition) is 1. The normalized spacial score (nSPS) is 13.1. The number of halogens is 3. The fourth-order valence-electron chi connectivity index (χ4n) is 1.67. The fraction of sp³-hybridized carbons (Fsp3) is 0.467. The Morgan fingerprint density at radius 2 is 1.90 bits per heavy atom. The zero-order valence-corrected chi connectivity index (χ0v) is 11.6. The van der Waals surface area contributed by atoms with Crippen LogP contribution in [-0.2, 0) is 0 Å². The highest BCUT2D eigenvalue weighted by Gasteiger charge is 2.27. The van der Waals surface area contributed by atoms with Gasteiger partial charge < -0.3 is 5.32 Å². The molecule has 0 aliphatic heterocycles. The van der Waals surface area contributed by atoms with E-state index in [9.17, 15) is 18.0 Å². The number of alkyl halides is 3. The monoisotopic (exact) mass is 286 g/mol. The molecule has 0 aliphatic carbocycles. The van der Waals surface area contributed by atoms with Gasteiger partial charge in [-0.15, -0.1) is 0 Å². The molecule has 1 unspecified atom stereocenters. The van der Waals surface area contributed by atoms with Crippen molar-refractivity contribution in [2.75, 3.05) is 6.54 Å². The van der Waals surface area contributed by atoms with Crippen molar-refractivity contribution in [1.82, 2.24) is 5.32 Å². The first-order valence-corrected chi connectivity index (χ1v) is 6.53. The zero-order valence-electron chi connectivity index (χ0n) is 11.6. The summed E-state index contributed by atoms with van der Waals surface area (Å²) in [6.07, 6.45) is -3.18. The van der Waals surface area contributed by atoms with Gasteiger partial charge >= 0.3 is 6.18 Å². The van der Waals surface area contributed by atoms with Crippen LogP contribution in [0.15, 0.2) is 24.3 Å². The van der Waals surface area contributed by atoms with Gasteiger partial charge in [0.2, 0.25) is 0 Å². The first-order chi connectivity index (χ1) is 9.28. The second-order valence-electron chi connectivity index (χ2n) is 4.94. The molecule has 1 atom stereocenters. The first kappa shape index (κ1) is 16.5. The number of carbonyl (C=O) groups excluding carboxylic acids is 1. The van der Waals surface area contributed by atoms with Crippen molar-refractivity contribution in [3.63, 3.8) is 0 Å². The quantitative estimate of drug-likeness (QED) is 0.844. The van der Waals surface area contributed by atoms with Crippen LogP contribution < -0.4 is 5.32 Å². The summed E-state index contributed by atoms with van der Waals surface area (Å²) >= 11 is 0. The molecule has 0 fully saturated rings. The minimum atomic E-state index is -4.12. The van der Waals surface area contributed by atoms with E-state index in [2.05, 4.69) is 5.32 Å². The van der Waals surface area contributed by atoms with Crippen molar-refractivity contribution >= 4 is 5.91 Å². The van der Waals surface area contributed by atoms with Crippen molar-refractivity contribution in [3.05, 3.63) is 41.8 Å². The predicted molar refractivity (Wildman–Crippen MR) is 72.3 cm³/mol. The molecule has 5 heteroatoms. The van der Waals surface area contributed by atoms with Crippen molar-refractivity contribution in [3.8, 4) is 0 Å². The smallest absolute Gasteiger partial charge is 0.352 e. The van der Waals surface area contributed by atoms with Crippen LogP contribution in [0, 0.1) is 19.3 Å². The third-order valence-corrected chi connectivity index (χ3v) is 2.98. The van der Waals surface area contributed by atoms with E-state index in [1.807, 2.05) is 19.1 Å². The molecular formula is C15H19F3NO. The summed E-state index contributed by atoms with van der Waals surface area (Å²) in [5, 5.41) is 2.67. The van der Waals surface area contributed by atoms with Crippen LogP contribution in [0.2, 0.25) is 0 Å². The Hall–Kier alpha value is -1.52. The Morgan fingerprint density at radius 1 is 1.30 bits per heavy atom. The van der Waals surface area contributed by atoms with Gasteiger partial charge in [-0.1, -0.05) is 24.6 Å². The van der Waals surface area contributed by atoms with Crippen molar-refractivity contribution in [2.24, 2.45) is 5.92 Å². The molecule has 0 saturated heterocycles. The van der Waals surface area contributed by atoms with Gasteiger partial charge in [0.05, 0.1) is 0 Å². The maximum absolute atomic E-state index is 12.0. The van der Waals surface area contributed by atoms with Gasteiger partial charge in [0.1, 0.15) is 0 Å². The van der Waals surface area contributed by atoms with Gasteiger partial charge in [-0.3, -0.25) is 4.79 Å². The van der Waals surface area contributed by atoms with Crippen LogP contribution >= 0.6 is 0 Å². The lowest BCUT2D eigenvalue weighted by atomic mass is 10.0. The lowest BCUT2D eigenvalue weighted by Crippen LogP contribution is -2.26. The average Bonchev–Trinajstić information content (AvgIpc) is 2.36. The number of aryl methyl sites for hydroxylation is 1. The van der Waals surface area contributed by atoms with Gasteiger partial charge in [0.25, 0.3) is 5.91 Å². The summed E-state index contributed by atoms with van der Waals surface area (Å²) in [6, 6.07) is 7.12. The maximum atomic E-state index is 12.0. The standard InChI is InChI=1S/C15H19F3NO/c1-11-3-5-13(6-4-11)14(20)19-10-8-12(2)7-9-15(16,17)18/h3-6,8,12H,7,9-10H2,1-2H3,(H,19,20). The summed E-state index contributed by atoms with van der Waals surface area (Å²) in [5.74, 6) is -0.404. The largest absolute Gasteiger partial charge is 0.389 e. The molecular weight excluding hydrogens is 267 g/mol. The molecule has 0 spiro atoms. The van der Waals surface area contributed by atoms with Crippen LogP contribution in [0.25, 0.3) is 0 Å². The van der Waals surface area contributed by atoms with E-state index in [1.165, 1.54) is 0 Å². The first-order valence-electron chi connectivity index (χ1n) is 6.53. The molecule has 1 N–H and O–H groups in total. The molecule has 1 aromatic rings. The second-order valence-corrected chi connectivity index (χ2v) is 4.94. The van der Waals surface area contributed by atoms with Gasteiger partial charge in [0.15, 0.2) is 0 Å². The molecule has 0 bridgehead atoms. The number of amides is 1. The minimum absolute atomic E-state index is 0.0455. The third kappa shape index (κ3) is 6.59. The van der Waals surface area contributed by atoms with Gasteiger partial charge in [-0.2, -0.15) is 13.2 Å². The summed E-state index contributed by atoms with van der Waals surface area (Å²) in [5.41, 5.74) is 1.61. The van der Waals surface area contributed by atoms with E-state index in [1.54, 1.807) is 25.5 Å². The lowest BCUT2D eigenvalue weighted by Gasteiger charge is -2.13. The van der Waals surface area contributed by atoms with Gasteiger partial charge in [-0.05, 0) is 37.8 Å². The molecule has 111 valence electrons. The summed E-state index contributed by atoms with van der Waals surface area (Å²) in [6.45, 7) is 3.91. The molecule has 1 amide bonds. The highest BCUT2D eigenvalue weighted by molar-refractivity contribution is 5.94. The number of hydrogen-bond acceptors (Lipinski definition) is 1. The Kier molecular flexibility index (Phi) is 6.05. The highest BCUT2D eigenvalue weighted by atomic mass is 19.4. The van der Waals surface area contributed by atoms with E-state index in [-0.39, 0.29) is 24.8 Å². The van der Waals surface area contributed by atoms with E-state index < -0.39 is 12.6 Å². The Bertz CT molecular complexity index is 426. The average molecular weight is 286 g/mol. The summed E-state index contributed by atoms with van der Waals surface area (Å²) in [4.78, 5) is 11.7. The minimum Gasteiger partial charge on any atom is -0.352 e. The Labute approximate surface area is 117 Å². The SMILES string of the molecule is Cc1ccc(C(=O)NC[CH]C(C)CCC(F)(F)F)cc1. The van der Waals surface area contributed by atoms with Gasteiger partial charge in [-0.25, -0.2) is 0 Å². The van der Waals surface area contributed by atoms with Crippen LogP contribution in [0.1, 0.15) is 35.7 Å². The topological polar surface area (TPSA) is 29.1 Å². The highest BCUT2D eigenvalue weighted by Crippen LogP contribution is 2.24. The molecule has 2 nitrogen and oxygen atoms in total. The van der Waals surface area contributed by atoms with Crippen molar-refractivity contribution < 1.29 is 18.0 Å². The predicted octanol–water partition coefficient (Wildman–Crippen LogP) is 3.91. The van der Waals surface area contributed by atoms with Crippen molar-refractivity contribution in [2.45, 2.75) is 32.9 Å². The van der Waals surface area contributed by atoms with E-state index in [0.717, 1.165) is 5.56 Å². The number of carbonyl (C=O) groups is 1. The van der Waals surface area contributed by atoms with Crippen LogP contribution in [0.4, 0.5) is 13.2 Å². The summed E-state index contributed by atoms with van der Waals surface area (Å²) in [7, 11) is 0. The van der Waals surface area contributed by atoms with Crippen LogP contribution in [0.3, 0.4) is 0 Å².